The zero-order valence-electron chi connectivity index (χ0n) is 9.10. The Bertz CT molecular complexity index is 427. The van der Waals surface area contributed by atoms with Crippen molar-refractivity contribution >= 4 is 0 Å². The van der Waals surface area contributed by atoms with Crippen molar-refractivity contribution < 1.29 is 0 Å². The Labute approximate surface area is 89.7 Å². The lowest BCUT2D eigenvalue weighted by Gasteiger charge is -2.26. The first-order valence-corrected chi connectivity index (χ1v) is 5.65. The van der Waals surface area contributed by atoms with E-state index in [-0.39, 0.29) is 6.04 Å². The summed E-state index contributed by atoms with van der Waals surface area (Å²) in [6.07, 6.45) is 1.16. The van der Waals surface area contributed by atoms with E-state index in [0.717, 1.165) is 6.42 Å². The summed E-state index contributed by atoms with van der Waals surface area (Å²) in [5.41, 5.74) is 4.11. The average Bonchev–Trinajstić information content (AvgIpc) is 2.98. The largest absolute Gasteiger partial charge is 0.150 e. The Kier molecular flexibility index (Phi) is 1.76. The van der Waals surface area contributed by atoms with Gasteiger partial charge < -0.3 is 0 Å². The first-order chi connectivity index (χ1) is 7.22. The van der Waals surface area contributed by atoms with Crippen molar-refractivity contribution in [3.8, 4) is 0 Å². The van der Waals surface area contributed by atoms with E-state index < -0.39 is 0 Å². The van der Waals surface area contributed by atoms with Gasteiger partial charge in [0.05, 0.1) is 0 Å². The molecule has 2 heteroatoms. The van der Waals surface area contributed by atoms with Gasteiger partial charge in [-0.3, -0.25) is 0 Å². The summed E-state index contributed by atoms with van der Waals surface area (Å²) in [5, 5.41) is 3.33. The number of hydrogen-bond donors (Lipinski definition) is 0. The maximum atomic E-state index is 10.9. The maximum absolute atomic E-state index is 10.9. The third kappa shape index (κ3) is 1.17. The quantitative estimate of drug-likeness (QED) is 0.641. The Hall–Kier alpha value is -1.18. The normalized spacial score (nSPS) is 36.7. The molecule has 0 heterocycles. The van der Waals surface area contributed by atoms with Crippen molar-refractivity contribution in [2.45, 2.75) is 38.1 Å². The van der Waals surface area contributed by atoms with Crippen molar-refractivity contribution in [1.29, 1.82) is 0 Å². The summed E-state index contributed by atoms with van der Waals surface area (Å²) >= 11 is 0. The van der Waals surface area contributed by atoms with Gasteiger partial charge in [0.15, 0.2) is 0 Å². The van der Waals surface area contributed by atoms with Crippen molar-refractivity contribution in [1.82, 2.24) is 0 Å². The van der Waals surface area contributed by atoms with Crippen LogP contribution in [0, 0.1) is 17.7 Å². The molecule has 0 bridgehead atoms. The molecular weight excluding hydrogens is 186 g/mol. The molecule has 2 aliphatic rings. The van der Waals surface area contributed by atoms with E-state index in [0.29, 0.717) is 17.8 Å². The number of nitrogens with zero attached hydrogens (tertiary/aromatic N) is 1. The lowest BCUT2D eigenvalue weighted by molar-refractivity contribution is 0.477. The van der Waals surface area contributed by atoms with E-state index in [9.17, 15) is 4.91 Å². The molecule has 2 nitrogen and oxygen atoms in total. The van der Waals surface area contributed by atoms with Crippen LogP contribution in [0.3, 0.4) is 0 Å². The molecule has 0 amide bonds. The van der Waals surface area contributed by atoms with Crippen LogP contribution in [0.2, 0.25) is 0 Å². The Morgan fingerprint density at radius 2 is 2.13 bits per heavy atom. The molecule has 2 aliphatic carbocycles. The maximum Gasteiger partial charge on any atom is 0.102 e. The highest BCUT2D eigenvalue weighted by molar-refractivity contribution is 5.44. The van der Waals surface area contributed by atoms with E-state index >= 15 is 0 Å². The monoisotopic (exact) mass is 201 g/mol. The Balaban J connectivity index is 2.12. The minimum atomic E-state index is 0.0179. The molecule has 0 aliphatic heterocycles. The summed E-state index contributed by atoms with van der Waals surface area (Å²) in [6.45, 7) is 4.24. The second kappa shape index (κ2) is 2.91. The third-order valence-electron chi connectivity index (χ3n) is 4.04. The van der Waals surface area contributed by atoms with Crippen LogP contribution < -0.4 is 0 Å². The van der Waals surface area contributed by atoms with Gasteiger partial charge in [-0.05, 0) is 36.3 Å². The zero-order chi connectivity index (χ0) is 10.6. The van der Waals surface area contributed by atoms with Crippen LogP contribution in [0.4, 0.5) is 0 Å². The van der Waals surface area contributed by atoms with Crippen LogP contribution in [0.15, 0.2) is 23.4 Å². The third-order valence-corrected chi connectivity index (χ3v) is 4.04. The molecule has 0 saturated heterocycles. The van der Waals surface area contributed by atoms with E-state index in [1.54, 1.807) is 0 Å². The smallest absolute Gasteiger partial charge is 0.102 e. The van der Waals surface area contributed by atoms with Gasteiger partial charge in [-0.15, -0.1) is 0 Å². The van der Waals surface area contributed by atoms with Gasteiger partial charge in [0, 0.05) is 5.92 Å². The topological polar surface area (TPSA) is 29.4 Å². The summed E-state index contributed by atoms with van der Waals surface area (Å²) in [7, 11) is 0. The Morgan fingerprint density at radius 1 is 1.33 bits per heavy atom. The van der Waals surface area contributed by atoms with Crippen LogP contribution in [0.5, 0.6) is 0 Å². The molecule has 0 spiro atoms. The molecular formula is C13H15NO. The second-order valence-electron chi connectivity index (χ2n) is 5.02. The van der Waals surface area contributed by atoms with Crippen LogP contribution in [0.25, 0.3) is 0 Å². The average molecular weight is 201 g/mol. The van der Waals surface area contributed by atoms with Crippen LogP contribution in [0.1, 0.15) is 41.9 Å². The molecule has 1 aromatic carbocycles. The van der Waals surface area contributed by atoms with Gasteiger partial charge in [-0.25, -0.2) is 0 Å². The lowest BCUT2D eigenvalue weighted by Crippen LogP contribution is -2.22. The van der Waals surface area contributed by atoms with Gasteiger partial charge in [-0.2, -0.15) is 4.91 Å². The fraction of sp³-hybridized carbons (Fsp3) is 0.538. The predicted molar refractivity (Wildman–Crippen MR) is 60.0 cm³/mol. The van der Waals surface area contributed by atoms with Gasteiger partial charge >= 0.3 is 0 Å². The van der Waals surface area contributed by atoms with Gasteiger partial charge in [0.1, 0.15) is 6.04 Å². The predicted octanol–water partition coefficient (Wildman–Crippen LogP) is 3.35. The Morgan fingerprint density at radius 3 is 2.87 bits per heavy atom. The molecule has 3 unspecified atom stereocenters. The standard InChI is InChI=1S/C13H15NO/c1-7-3-4-9-10(5-7)8(2)13(14-15)12-6-11(9)12/h3-5,8,11-13H,6H2,1-2H3/t8?,11-,12?,13?/m0/s1. The van der Waals surface area contributed by atoms with E-state index in [1.807, 2.05) is 0 Å². The summed E-state index contributed by atoms with van der Waals surface area (Å²) in [6, 6.07) is 6.67. The molecule has 15 heavy (non-hydrogen) atoms. The first-order valence-electron chi connectivity index (χ1n) is 5.65. The first kappa shape index (κ1) is 9.08. The van der Waals surface area contributed by atoms with Crippen molar-refractivity contribution in [3.63, 3.8) is 0 Å². The number of hydrogen-bond acceptors (Lipinski definition) is 2. The lowest BCUT2D eigenvalue weighted by atomic mass is 9.80. The van der Waals surface area contributed by atoms with Gasteiger partial charge in [-0.1, -0.05) is 35.9 Å². The molecule has 0 N–H and O–H groups in total. The SMILES string of the molecule is Cc1ccc2c(c1)C(C)C(N=O)C1C[C@@H]21. The van der Waals surface area contributed by atoms with Gasteiger partial charge in [0.25, 0.3) is 0 Å². The molecule has 1 fully saturated rings. The molecule has 0 radical (unpaired) electrons. The molecule has 0 aromatic heterocycles. The number of benzene rings is 1. The number of rotatable bonds is 1. The number of aryl methyl sites for hydroxylation is 1. The number of fused-ring (bicyclic) bond motifs is 3. The molecule has 78 valence electrons. The van der Waals surface area contributed by atoms with Crippen LogP contribution >= 0.6 is 0 Å². The second-order valence-corrected chi connectivity index (χ2v) is 5.02. The molecule has 1 aromatic rings. The minimum Gasteiger partial charge on any atom is -0.150 e. The highest BCUT2D eigenvalue weighted by Crippen LogP contribution is 2.58. The van der Waals surface area contributed by atoms with Crippen LogP contribution in [-0.2, 0) is 0 Å². The van der Waals surface area contributed by atoms with Crippen LogP contribution in [-0.4, -0.2) is 6.04 Å². The van der Waals surface area contributed by atoms with Crippen molar-refractivity contribution in [3.05, 3.63) is 39.8 Å². The summed E-state index contributed by atoms with van der Waals surface area (Å²) in [5.74, 6) is 1.47. The summed E-state index contributed by atoms with van der Waals surface area (Å²) in [4.78, 5) is 10.9. The highest BCUT2D eigenvalue weighted by Gasteiger charge is 2.51. The summed E-state index contributed by atoms with van der Waals surface area (Å²) < 4.78 is 0. The van der Waals surface area contributed by atoms with E-state index in [2.05, 4.69) is 37.2 Å². The van der Waals surface area contributed by atoms with E-state index in [4.69, 9.17) is 0 Å². The van der Waals surface area contributed by atoms with Gasteiger partial charge in [0.2, 0.25) is 0 Å². The number of nitroso groups, excluding NO2 is 1. The fourth-order valence-corrected chi connectivity index (χ4v) is 3.10. The molecule has 3 rings (SSSR count). The molecule has 1 saturated carbocycles. The highest BCUT2D eigenvalue weighted by atomic mass is 16.3. The molecule has 4 atom stereocenters. The van der Waals surface area contributed by atoms with E-state index in [1.165, 1.54) is 16.7 Å². The van der Waals surface area contributed by atoms with Crippen molar-refractivity contribution in [2.75, 3.05) is 0 Å². The minimum absolute atomic E-state index is 0.0179. The van der Waals surface area contributed by atoms with Crippen molar-refractivity contribution in [2.24, 2.45) is 11.1 Å². The zero-order valence-corrected chi connectivity index (χ0v) is 9.10. The fourth-order valence-electron chi connectivity index (χ4n) is 3.10.